The van der Waals surface area contributed by atoms with E-state index in [2.05, 4.69) is 0 Å². The molecule has 0 saturated carbocycles. The SMILES string of the molecule is CCOC(=O)C1c2ccc(F)cc2CCN1c1ccc(Cl)cc1. The van der Waals surface area contributed by atoms with E-state index in [1.165, 1.54) is 12.1 Å². The molecule has 0 amide bonds. The summed E-state index contributed by atoms with van der Waals surface area (Å²) in [6, 6.07) is 11.3. The number of carbonyl (C=O) groups excluding carboxylic acids is 1. The monoisotopic (exact) mass is 333 g/mol. The van der Waals surface area contributed by atoms with Gasteiger partial charge < -0.3 is 9.64 Å². The number of ether oxygens (including phenoxy) is 1. The summed E-state index contributed by atoms with van der Waals surface area (Å²) in [6.07, 6.45) is 0.672. The largest absolute Gasteiger partial charge is 0.464 e. The highest BCUT2D eigenvalue weighted by atomic mass is 35.5. The summed E-state index contributed by atoms with van der Waals surface area (Å²) in [6.45, 7) is 2.70. The van der Waals surface area contributed by atoms with Gasteiger partial charge in [0.25, 0.3) is 0 Å². The molecule has 1 aliphatic heterocycles. The van der Waals surface area contributed by atoms with Crippen molar-refractivity contribution in [1.29, 1.82) is 0 Å². The predicted octanol–water partition coefficient (Wildman–Crippen LogP) is 4.15. The van der Waals surface area contributed by atoms with Crippen molar-refractivity contribution in [3.8, 4) is 0 Å². The van der Waals surface area contributed by atoms with Gasteiger partial charge in [-0.05, 0) is 60.9 Å². The second-order valence-electron chi connectivity index (χ2n) is 5.42. The van der Waals surface area contributed by atoms with Crippen molar-refractivity contribution in [1.82, 2.24) is 0 Å². The molecule has 0 fully saturated rings. The van der Waals surface area contributed by atoms with Crippen LogP contribution in [0.5, 0.6) is 0 Å². The van der Waals surface area contributed by atoms with Crippen molar-refractivity contribution in [2.75, 3.05) is 18.1 Å². The van der Waals surface area contributed by atoms with Crippen LogP contribution in [0.2, 0.25) is 5.02 Å². The molecular weight excluding hydrogens is 317 g/mol. The first kappa shape index (κ1) is 15.8. The van der Waals surface area contributed by atoms with Crippen molar-refractivity contribution in [3.63, 3.8) is 0 Å². The first-order valence-electron chi connectivity index (χ1n) is 7.57. The second kappa shape index (κ2) is 6.59. The van der Waals surface area contributed by atoms with E-state index in [1.54, 1.807) is 25.1 Å². The van der Waals surface area contributed by atoms with Crippen LogP contribution >= 0.6 is 11.6 Å². The lowest BCUT2D eigenvalue weighted by atomic mass is 9.92. The molecule has 1 heterocycles. The van der Waals surface area contributed by atoms with Crippen molar-refractivity contribution in [3.05, 3.63) is 64.4 Å². The van der Waals surface area contributed by atoms with Gasteiger partial charge in [-0.2, -0.15) is 0 Å². The Morgan fingerprint density at radius 1 is 1.30 bits per heavy atom. The molecule has 0 N–H and O–H groups in total. The molecule has 1 atom stereocenters. The van der Waals surface area contributed by atoms with Gasteiger partial charge in [-0.15, -0.1) is 0 Å². The Morgan fingerprint density at radius 3 is 2.74 bits per heavy atom. The van der Waals surface area contributed by atoms with Gasteiger partial charge in [-0.1, -0.05) is 17.7 Å². The average molecular weight is 334 g/mol. The molecule has 3 nitrogen and oxygen atoms in total. The van der Waals surface area contributed by atoms with Crippen LogP contribution in [0.3, 0.4) is 0 Å². The fourth-order valence-electron chi connectivity index (χ4n) is 2.98. The normalized spacial score (nSPS) is 16.8. The molecule has 5 heteroatoms. The topological polar surface area (TPSA) is 29.5 Å². The van der Waals surface area contributed by atoms with E-state index < -0.39 is 6.04 Å². The average Bonchev–Trinajstić information content (AvgIpc) is 2.54. The minimum atomic E-state index is -0.569. The number of halogens is 2. The van der Waals surface area contributed by atoms with E-state index in [4.69, 9.17) is 16.3 Å². The lowest BCUT2D eigenvalue weighted by Crippen LogP contribution is -2.40. The number of carbonyl (C=O) groups is 1. The summed E-state index contributed by atoms with van der Waals surface area (Å²) in [4.78, 5) is 14.5. The van der Waals surface area contributed by atoms with Crippen LogP contribution in [0.15, 0.2) is 42.5 Å². The van der Waals surface area contributed by atoms with E-state index >= 15 is 0 Å². The summed E-state index contributed by atoms with van der Waals surface area (Å²) in [5.41, 5.74) is 2.54. The number of fused-ring (bicyclic) bond motifs is 1. The second-order valence-corrected chi connectivity index (χ2v) is 5.85. The molecule has 1 aliphatic rings. The maximum absolute atomic E-state index is 13.5. The maximum Gasteiger partial charge on any atom is 0.333 e. The summed E-state index contributed by atoms with van der Waals surface area (Å²) >= 11 is 5.95. The fraction of sp³-hybridized carbons (Fsp3) is 0.278. The van der Waals surface area contributed by atoms with Gasteiger partial charge in [0.05, 0.1) is 6.61 Å². The van der Waals surface area contributed by atoms with E-state index in [0.717, 1.165) is 16.8 Å². The summed E-state index contributed by atoms with van der Waals surface area (Å²) < 4.78 is 18.7. The highest BCUT2D eigenvalue weighted by Gasteiger charge is 2.34. The Kier molecular flexibility index (Phi) is 4.53. The van der Waals surface area contributed by atoms with Crippen LogP contribution in [-0.4, -0.2) is 19.1 Å². The van der Waals surface area contributed by atoms with E-state index in [9.17, 15) is 9.18 Å². The zero-order chi connectivity index (χ0) is 16.4. The molecule has 0 radical (unpaired) electrons. The lowest BCUT2D eigenvalue weighted by molar-refractivity contribution is -0.145. The van der Waals surface area contributed by atoms with Crippen molar-refractivity contribution >= 4 is 23.3 Å². The van der Waals surface area contributed by atoms with Gasteiger partial charge in [0, 0.05) is 17.3 Å². The molecule has 0 aromatic heterocycles. The standard InChI is InChI=1S/C18H17ClFNO2/c1-2-23-18(22)17-16-8-5-14(20)11-12(16)9-10-21(17)15-6-3-13(19)4-7-15/h3-8,11,17H,2,9-10H2,1H3. The quantitative estimate of drug-likeness (QED) is 0.790. The van der Waals surface area contributed by atoms with Gasteiger partial charge in [0.15, 0.2) is 6.04 Å². The van der Waals surface area contributed by atoms with E-state index in [0.29, 0.717) is 24.6 Å². The Morgan fingerprint density at radius 2 is 2.04 bits per heavy atom. The smallest absolute Gasteiger partial charge is 0.333 e. The Labute approximate surface area is 139 Å². The van der Waals surface area contributed by atoms with Crippen LogP contribution < -0.4 is 4.90 Å². The number of anilines is 1. The fourth-order valence-corrected chi connectivity index (χ4v) is 3.11. The molecule has 0 saturated heterocycles. The molecule has 2 aromatic rings. The Hall–Kier alpha value is -2.07. The maximum atomic E-state index is 13.5. The van der Waals surface area contributed by atoms with E-state index in [1.807, 2.05) is 17.0 Å². The van der Waals surface area contributed by atoms with Crippen LogP contribution in [0.25, 0.3) is 0 Å². The number of rotatable bonds is 3. The highest BCUT2D eigenvalue weighted by Crippen LogP contribution is 2.35. The lowest BCUT2D eigenvalue weighted by Gasteiger charge is -2.37. The van der Waals surface area contributed by atoms with Crippen molar-refractivity contribution < 1.29 is 13.9 Å². The van der Waals surface area contributed by atoms with Gasteiger partial charge in [0.2, 0.25) is 0 Å². The zero-order valence-corrected chi connectivity index (χ0v) is 13.5. The van der Waals surface area contributed by atoms with Crippen LogP contribution in [0, 0.1) is 5.82 Å². The number of hydrogen-bond acceptors (Lipinski definition) is 3. The Bertz CT molecular complexity index is 717. The third kappa shape index (κ3) is 3.17. The molecular formula is C18H17ClFNO2. The third-order valence-corrected chi connectivity index (χ3v) is 4.25. The number of esters is 1. The molecule has 23 heavy (non-hydrogen) atoms. The highest BCUT2D eigenvalue weighted by molar-refractivity contribution is 6.30. The summed E-state index contributed by atoms with van der Waals surface area (Å²) in [7, 11) is 0. The molecule has 3 rings (SSSR count). The van der Waals surface area contributed by atoms with Gasteiger partial charge in [-0.3, -0.25) is 0 Å². The van der Waals surface area contributed by atoms with Crippen LogP contribution in [0.4, 0.5) is 10.1 Å². The number of benzene rings is 2. The minimum Gasteiger partial charge on any atom is -0.464 e. The number of hydrogen-bond donors (Lipinski definition) is 0. The van der Waals surface area contributed by atoms with Gasteiger partial charge in [0.1, 0.15) is 5.82 Å². The Balaban J connectivity index is 2.03. The van der Waals surface area contributed by atoms with Crippen molar-refractivity contribution in [2.45, 2.75) is 19.4 Å². The molecule has 2 aromatic carbocycles. The first-order chi connectivity index (χ1) is 11.1. The molecule has 0 spiro atoms. The van der Waals surface area contributed by atoms with Gasteiger partial charge >= 0.3 is 5.97 Å². The molecule has 120 valence electrons. The molecule has 0 aliphatic carbocycles. The van der Waals surface area contributed by atoms with E-state index in [-0.39, 0.29) is 11.8 Å². The van der Waals surface area contributed by atoms with Gasteiger partial charge in [-0.25, -0.2) is 9.18 Å². The third-order valence-electron chi connectivity index (χ3n) is 4.00. The molecule has 0 bridgehead atoms. The summed E-state index contributed by atoms with van der Waals surface area (Å²) in [5, 5.41) is 0.640. The van der Waals surface area contributed by atoms with Crippen molar-refractivity contribution in [2.24, 2.45) is 0 Å². The van der Waals surface area contributed by atoms with Crippen LogP contribution in [0.1, 0.15) is 24.1 Å². The zero-order valence-electron chi connectivity index (χ0n) is 12.8. The first-order valence-corrected chi connectivity index (χ1v) is 7.95. The minimum absolute atomic E-state index is 0.286. The predicted molar refractivity (Wildman–Crippen MR) is 88.3 cm³/mol. The number of nitrogens with zero attached hydrogens (tertiary/aromatic N) is 1. The van der Waals surface area contributed by atoms with Crippen LogP contribution in [-0.2, 0) is 16.0 Å². The summed E-state index contributed by atoms with van der Waals surface area (Å²) in [5.74, 6) is -0.610. The molecule has 1 unspecified atom stereocenters.